The van der Waals surface area contributed by atoms with Gasteiger partial charge in [0.25, 0.3) is 5.91 Å². The number of hydrogen-bond acceptors (Lipinski definition) is 8. The average Bonchev–Trinajstić information content (AvgIpc) is 3.38. The van der Waals surface area contributed by atoms with E-state index in [1.165, 1.54) is 6.33 Å². The van der Waals surface area contributed by atoms with Crippen LogP contribution in [0.2, 0.25) is 0 Å². The minimum absolute atomic E-state index is 0.214. The molecular weight excluding hydrogens is 478 g/mol. The first-order chi connectivity index (χ1) is 18.0. The highest BCUT2D eigenvalue weighted by atomic mass is 16.1. The van der Waals surface area contributed by atoms with Gasteiger partial charge in [0.1, 0.15) is 12.0 Å². The van der Waals surface area contributed by atoms with Crippen LogP contribution in [-0.4, -0.2) is 70.0 Å². The van der Waals surface area contributed by atoms with E-state index in [0.29, 0.717) is 16.9 Å². The van der Waals surface area contributed by atoms with Crippen LogP contribution >= 0.6 is 0 Å². The summed E-state index contributed by atoms with van der Waals surface area (Å²) >= 11 is 0. The Kier molecular flexibility index (Phi) is 7.84. The van der Waals surface area contributed by atoms with Crippen molar-refractivity contribution in [2.24, 2.45) is 5.73 Å². The topological polar surface area (TPSA) is 118 Å². The Labute approximate surface area is 223 Å². The van der Waals surface area contributed by atoms with Crippen molar-refractivity contribution in [3.05, 3.63) is 78.0 Å². The molecule has 2 heterocycles. The van der Waals surface area contributed by atoms with Gasteiger partial charge in [-0.1, -0.05) is 11.3 Å². The molecule has 38 heavy (non-hydrogen) atoms. The van der Waals surface area contributed by atoms with Gasteiger partial charge in [-0.3, -0.25) is 4.79 Å². The van der Waals surface area contributed by atoms with E-state index in [0.717, 1.165) is 41.2 Å². The molecule has 0 aliphatic heterocycles. The van der Waals surface area contributed by atoms with Gasteiger partial charge in [0.05, 0.1) is 11.9 Å². The zero-order valence-corrected chi connectivity index (χ0v) is 22.8. The van der Waals surface area contributed by atoms with Crippen molar-refractivity contribution in [1.29, 1.82) is 0 Å². The number of nitrogens with two attached hydrogens (primary N) is 1. The smallest absolute Gasteiger partial charge is 0.255 e. The summed E-state index contributed by atoms with van der Waals surface area (Å²) in [6, 6.07) is 11.5. The maximum absolute atomic E-state index is 13.4. The van der Waals surface area contributed by atoms with Gasteiger partial charge in [0.15, 0.2) is 0 Å². The molecule has 0 atom stereocenters. The minimum Gasteiger partial charge on any atom is -0.373 e. The van der Waals surface area contributed by atoms with E-state index in [4.69, 9.17) is 5.73 Å². The Balaban J connectivity index is 1.60. The molecule has 198 valence electrons. The van der Waals surface area contributed by atoms with Crippen LogP contribution in [0.25, 0.3) is 16.9 Å². The fourth-order valence-corrected chi connectivity index (χ4v) is 3.90. The Morgan fingerprint density at radius 1 is 1.05 bits per heavy atom. The minimum atomic E-state index is -0.598. The molecule has 3 N–H and O–H groups in total. The van der Waals surface area contributed by atoms with Crippen LogP contribution in [0.15, 0.2) is 61.3 Å². The molecule has 1 amide bonds. The number of likely N-dealkylation sites (N-methyl/N-ethyl adjacent to an activating group) is 2. The van der Waals surface area contributed by atoms with Crippen molar-refractivity contribution >= 4 is 17.3 Å². The molecule has 4 rings (SSSR count). The van der Waals surface area contributed by atoms with Crippen molar-refractivity contribution in [1.82, 2.24) is 29.9 Å². The maximum Gasteiger partial charge on any atom is 0.255 e. The van der Waals surface area contributed by atoms with Crippen molar-refractivity contribution in [3.8, 4) is 16.9 Å². The summed E-state index contributed by atoms with van der Waals surface area (Å²) in [5.74, 6) is -0.214. The van der Waals surface area contributed by atoms with Crippen LogP contribution < -0.4 is 16.0 Å². The van der Waals surface area contributed by atoms with Gasteiger partial charge in [-0.15, -0.1) is 5.10 Å². The maximum atomic E-state index is 13.4. The van der Waals surface area contributed by atoms with E-state index in [2.05, 4.69) is 41.5 Å². The lowest BCUT2D eigenvalue weighted by molar-refractivity contribution is 0.102. The number of nitrogens with zero attached hydrogens (tertiary/aromatic N) is 7. The number of benzene rings is 2. The third-order valence-electron chi connectivity index (χ3n) is 6.31. The zero-order valence-electron chi connectivity index (χ0n) is 22.8. The number of carbonyl (C=O) groups is 1. The highest BCUT2D eigenvalue weighted by Gasteiger charge is 2.20. The molecule has 0 saturated heterocycles. The fraction of sp³-hybridized carbons (Fsp3) is 0.321. The predicted octanol–water partition coefficient (Wildman–Crippen LogP) is 3.48. The molecule has 4 aromatic rings. The summed E-state index contributed by atoms with van der Waals surface area (Å²) in [7, 11) is 6.10. The van der Waals surface area contributed by atoms with Gasteiger partial charge < -0.3 is 20.9 Å². The lowest BCUT2D eigenvalue weighted by atomic mass is 9.93. The van der Waals surface area contributed by atoms with E-state index in [-0.39, 0.29) is 5.91 Å². The van der Waals surface area contributed by atoms with E-state index in [1.807, 2.05) is 78.4 Å². The third kappa shape index (κ3) is 6.39. The van der Waals surface area contributed by atoms with Crippen molar-refractivity contribution in [3.63, 3.8) is 0 Å². The first-order valence-electron chi connectivity index (χ1n) is 12.4. The van der Waals surface area contributed by atoms with Crippen LogP contribution in [0.1, 0.15) is 35.3 Å². The van der Waals surface area contributed by atoms with Gasteiger partial charge in [-0.05, 0) is 76.3 Å². The monoisotopic (exact) mass is 513 g/mol. The Morgan fingerprint density at radius 3 is 2.47 bits per heavy atom. The SMILES string of the molecule is Cc1ccc(NC(=O)c2cc(N(C)CCN(C)C)cc(C(C)(C)N)c2)cc1-n1cc(-c2cncnc2)nn1. The second-order valence-electron chi connectivity index (χ2n) is 10.3. The molecule has 0 bridgehead atoms. The second-order valence-corrected chi connectivity index (χ2v) is 10.3. The van der Waals surface area contributed by atoms with Gasteiger partial charge in [-0.2, -0.15) is 0 Å². The standard InChI is InChI=1S/C28H35N9O/c1-19-7-8-23(14-26(19)37-17-25(33-34-37)21-15-30-18-31-16-21)32-27(38)20-11-22(28(2,3)29)13-24(12-20)36(6)10-9-35(4)5/h7-8,11-18H,9-10,29H2,1-6H3,(H,32,38). The highest BCUT2D eigenvalue weighted by Crippen LogP contribution is 2.27. The quantitative estimate of drug-likeness (QED) is 0.349. The predicted molar refractivity (Wildman–Crippen MR) is 151 cm³/mol. The summed E-state index contributed by atoms with van der Waals surface area (Å²) in [6.45, 7) is 7.57. The third-order valence-corrected chi connectivity index (χ3v) is 6.31. The molecule has 0 saturated carbocycles. The lowest BCUT2D eigenvalue weighted by Crippen LogP contribution is -2.31. The van der Waals surface area contributed by atoms with Crippen LogP contribution in [0, 0.1) is 6.92 Å². The molecule has 0 aliphatic carbocycles. The zero-order chi connectivity index (χ0) is 27.4. The summed E-state index contributed by atoms with van der Waals surface area (Å²) in [5, 5.41) is 11.6. The first-order valence-corrected chi connectivity index (χ1v) is 12.4. The molecule has 2 aromatic carbocycles. The highest BCUT2D eigenvalue weighted by molar-refractivity contribution is 6.05. The second kappa shape index (κ2) is 11.1. The van der Waals surface area contributed by atoms with Gasteiger partial charge in [0.2, 0.25) is 0 Å². The number of aromatic nitrogens is 5. The van der Waals surface area contributed by atoms with Crippen LogP contribution in [0.5, 0.6) is 0 Å². The number of nitrogens with one attached hydrogen (secondary N) is 1. The molecular formula is C28H35N9O. The molecule has 2 aromatic heterocycles. The first kappa shape index (κ1) is 26.9. The Bertz CT molecular complexity index is 1410. The average molecular weight is 514 g/mol. The largest absolute Gasteiger partial charge is 0.373 e. The Hall–Kier alpha value is -4.15. The number of amides is 1. The van der Waals surface area contributed by atoms with E-state index in [1.54, 1.807) is 17.1 Å². The number of hydrogen-bond donors (Lipinski definition) is 2. The number of rotatable bonds is 9. The summed E-state index contributed by atoms with van der Waals surface area (Å²) in [4.78, 5) is 25.8. The van der Waals surface area contributed by atoms with Gasteiger partial charge >= 0.3 is 0 Å². The summed E-state index contributed by atoms with van der Waals surface area (Å²) in [5.41, 5.74) is 12.1. The molecule has 0 fully saturated rings. The van der Waals surface area contributed by atoms with Gasteiger partial charge in [-0.25, -0.2) is 14.6 Å². The van der Waals surface area contributed by atoms with Crippen molar-refractivity contribution in [2.75, 3.05) is 44.4 Å². The fourth-order valence-electron chi connectivity index (χ4n) is 3.90. The number of anilines is 2. The lowest BCUT2D eigenvalue weighted by Gasteiger charge is -2.26. The van der Waals surface area contributed by atoms with Crippen molar-refractivity contribution < 1.29 is 4.79 Å². The summed E-state index contributed by atoms with van der Waals surface area (Å²) < 4.78 is 1.68. The molecule has 0 spiro atoms. The Morgan fingerprint density at radius 2 is 1.79 bits per heavy atom. The van der Waals surface area contributed by atoms with E-state index < -0.39 is 5.54 Å². The molecule has 10 nitrogen and oxygen atoms in total. The van der Waals surface area contributed by atoms with Crippen LogP contribution in [0.3, 0.4) is 0 Å². The number of carbonyl (C=O) groups excluding carboxylic acids is 1. The molecule has 0 unspecified atom stereocenters. The van der Waals surface area contributed by atoms with Crippen LogP contribution in [-0.2, 0) is 5.54 Å². The molecule has 0 radical (unpaired) electrons. The normalized spacial score (nSPS) is 11.6. The van der Waals surface area contributed by atoms with Crippen LogP contribution in [0.4, 0.5) is 11.4 Å². The summed E-state index contributed by atoms with van der Waals surface area (Å²) in [6.07, 6.45) is 6.66. The molecule has 0 aliphatic rings. The van der Waals surface area contributed by atoms with Gasteiger partial charge in [0, 0.05) is 60.6 Å². The van der Waals surface area contributed by atoms with E-state index in [9.17, 15) is 4.79 Å². The number of aryl methyl sites for hydroxylation is 1. The molecule has 10 heteroatoms. The van der Waals surface area contributed by atoms with Crippen molar-refractivity contribution in [2.45, 2.75) is 26.3 Å². The van der Waals surface area contributed by atoms with E-state index >= 15 is 0 Å².